The van der Waals surface area contributed by atoms with Crippen molar-refractivity contribution in [2.75, 3.05) is 0 Å². The lowest BCUT2D eigenvalue weighted by Gasteiger charge is -2.28. The summed E-state index contributed by atoms with van der Waals surface area (Å²) < 4.78 is 67.7. The molecule has 0 heterocycles. The highest BCUT2D eigenvalue weighted by molar-refractivity contribution is 5.31. The Morgan fingerprint density at radius 2 is 1.48 bits per heavy atom. The fourth-order valence-corrected chi connectivity index (χ4v) is 4.08. The molecule has 29 heavy (non-hydrogen) atoms. The number of ether oxygens (including phenoxy) is 1. The minimum Gasteiger partial charge on any atom is -0.399 e. The molecule has 0 atom stereocenters. The zero-order valence-corrected chi connectivity index (χ0v) is 17.0. The molecule has 6 heteroatoms. The third-order valence-electron chi connectivity index (χ3n) is 5.69. The number of unbranched alkanes of at least 4 members (excludes halogenated alkanes) is 2. The monoisotopic (exact) mass is 418 g/mol. The average Bonchev–Trinajstić information content (AvgIpc) is 2.66. The third kappa shape index (κ3) is 8.75. The van der Waals surface area contributed by atoms with E-state index in [1.807, 2.05) is 0 Å². The SMILES string of the molecule is CCC/C=C/CCCC1CCC(CCc2cc(F)c(OC(F)(F)F)c(F)c2)CC1. The lowest BCUT2D eigenvalue weighted by atomic mass is 9.78. The summed E-state index contributed by atoms with van der Waals surface area (Å²) in [5, 5.41) is 0. The molecule has 0 aromatic heterocycles. The van der Waals surface area contributed by atoms with Gasteiger partial charge in [-0.2, -0.15) is 0 Å². The van der Waals surface area contributed by atoms with Crippen LogP contribution in [0, 0.1) is 23.5 Å². The molecule has 0 spiro atoms. The molecule has 0 bridgehead atoms. The van der Waals surface area contributed by atoms with Crippen LogP contribution in [-0.4, -0.2) is 6.36 Å². The topological polar surface area (TPSA) is 9.23 Å². The Morgan fingerprint density at radius 3 is 2.03 bits per heavy atom. The van der Waals surface area contributed by atoms with Gasteiger partial charge in [-0.25, -0.2) is 8.78 Å². The van der Waals surface area contributed by atoms with Gasteiger partial charge in [-0.15, -0.1) is 13.2 Å². The number of alkyl halides is 3. The smallest absolute Gasteiger partial charge is 0.399 e. The van der Waals surface area contributed by atoms with Crippen molar-refractivity contribution in [3.05, 3.63) is 41.5 Å². The Hall–Kier alpha value is -1.59. The number of benzene rings is 1. The van der Waals surface area contributed by atoms with Gasteiger partial charge in [-0.3, -0.25) is 0 Å². The van der Waals surface area contributed by atoms with E-state index in [-0.39, 0.29) is 0 Å². The fourth-order valence-electron chi connectivity index (χ4n) is 4.08. The second kappa shape index (κ2) is 11.6. The highest BCUT2D eigenvalue weighted by Gasteiger charge is 2.34. The van der Waals surface area contributed by atoms with Gasteiger partial charge in [0.25, 0.3) is 0 Å². The van der Waals surface area contributed by atoms with E-state index in [9.17, 15) is 22.0 Å². The van der Waals surface area contributed by atoms with E-state index in [1.54, 1.807) is 0 Å². The first kappa shape index (κ1) is 23.7. The number of halogens is 5. The van der Waals surface area contributed by atoms with Gasteiger partial charge in [-0.1, -0.05) is 57.6 Å². The summed E-state index contributed by atoms with van der Waals surface area (Å²) in [6.07, 6.45) is 11.2. The summed E-state index contributed by atoms with van der Waals surface area (Å²) in [4.78, 5) is 0. The van der Waals surface area contributed by atoms with Gasteiger partial charge in [-0.05, 0) is 61.6 Å². The van der Waals surface area contributed by atoms with Crippen molar-refractivity contribution < 1.29 is 26.7 Å². The van der Waals surface area contributed by atoms with E-state index in [4.69, 9.17) is 0 Å². The molecule has 0 aliphatic heterocycles. The van der Waals surface area contributed by atoms with Crippen LogP contribution in [0.4, 0.5) is 22.0 Å². The molecule has 1 nitrogen and oxygen atoms in total. The maximum atomic E-state index is 13.8. The first-order valence-corrected chi connectivity index (χ1v) is 10.7. The zero-order chi connectivity index (χ0) is 21.3. The van der Waals surface area contributed by atoms with E-state index in [0.29, 0.717) is 17.9 Å². The largest absolute Gasteiger partial charge is 0.573 e. The third-order valence-corrected chi connectivity index (χ3v) is 5.69. The van der Waals surface area contributed by atoms with Crippen molar-refractivity contribution >= 4 is 0 Å². The second-order valence-corrected chi connectivity index (χ2v) is 8.05. The molecule has 0 saturated heterocycles. The molecule has 0 radical (unpaired) electrons. The number of allylic oxidation sites excluding steroid dienone is 2. The van der Waals surface area contributed by atoms with Crippen molar-refractivity contribution in [1.82, 2.24) is 0 Å². The van der Waals surface area contributed by atoms with Crippen LogP contribution in [0.1, 0.15) is 76.7 Å². The lowest BCUT2D eigenvalue weighted by Crippen LogP contribution is -2.19. The van der Waals surface area contributed by atoms with Crippen LogP contribution < -0.4 is 4.74 Å². The number of rotatable bonds is 10. The predicted molar refractivity (Wildman–Crippen MR) is 105 cm³/mol. The molecule has 1 aliphatic rings. The van der Waals surface area contributed by atoms with Crippen molar-refractivity contribution in [2.24, 2.45) is 11.8 Å². The van der Waals surface area contributed by atoms with Crippen LogP contribution in [0.2, 0.25) is 0 Å². The number of hydrogen-bond donors (Lipinski definition) is 0. The van der Waals surface area contributed by atoms with Gasteiger partial charge < -0.3 is 4.74 Å². The van der Waals surface area contributed by atoms with E-state index in [2.05, 4.69) is 23.8 Å². The molecular formula is C23H31F5O. The Balaban J connectivity index is 1.72. The standard InChI is InChI=1S/C23H31F5O/c1-2-3-4-5-6-7-8-17-9-11-18(12-10-17)13-14-19-15-20(24)22(21(25)16-19)29-23(26,27)28/h4-5,15-18H,2-3,6-14H2,1H3/b5-4+. The summed E-state index contributed by atoms with van der Waals surface area (Å²) in [5.41, 5.74) is 0.371. The molecule has 1 aromatic carbocycles. The molecule has 1 aliphatic carbocycles. The molecule has 1 saturated carbocycles. The Morgan fingerprint density at radius 1 is 0.931 bits per heavy atom. The average molecular weight is 418 g/mol. The Labute approximate surface area is 170 Å². The predicted octanol–water partition coefficient (Wildman–Crippen LogP) is 8.13. The van der Waals surface area contributed by atoms with Gasteiger partial charge >= 0.3 is 6.36 Å². The van der Waals surface area contributed by atoms with Crippen molar-refractivity contribution in [3.63, 3.8) is 0 Å². The summed E-state index contributed by atoms with van der Waals surface area (Å²) in [7, 11) is 0. The van der Waals surface area contributed by atoms with Crippen molar-refractivity contribution in [1.29, 1.82) is 0 Å². The van der Waals surface area contributed by atoms with Crippen LogP contribution in [0.3, 0.4) is 0 Å². The molecular weight excluding hydrogens is 387 g/mol. The normalized spacial score (nSPS) is 20.3. The minimum absolute atomic E-state index is 0.371. The van der Waals surface area contributed by atoms with Crippen LogP contribution >= 0.6 is 0 Å². The second-order valence-electron chi connectivity index (χ2n) is 8.05. The van der Waals surface area contributed by atoms with Crippen LogP contribution in [0.25, 0.3) is 0 Å². The van der Waals surface area contributed by atoms with Gasteiger partial charge in [0, 0.05) is 0 Å². The summed E-state index contributed by atoms with van der Waals surface area (Å²) in [5.74, 6) is -2.73. The molecule has 2 rings (SSSR count). The minimum atomic E-state index is -5.12. The summed E-state index contributed by atoms with van der Waals surface area (Å²) >= 11 is 0. The first-order chi connectivity index (χ1) is 13.8. The maximum absolute atomic E-state index is 13.8. The molecule has 164 valence electrons. The summed E-state index contributed by atoms with van der Waals surface area (Å²) in [6.45, 7) is 2.17. The van der Waals surface area contributed by atoms with Crippen molar-refractivity contribution in [3.8, 4) is 5.75 Å². The van der Waals surface area contributed by atoms with E-state index < -0.39 is 23.7 Å². The van der Waals surface area contributed by atoms with Gasteiger partial charge in [0.1, 0.15) is 0 Å². The van der Waals surface area contributed by atoms with Crippen LogP contribution in [-0.2, 0) is 6.42 Å². The number of hydrogen-bond acceptors (Lipinski definition) is 1. The fraction of sp³-hybridized carbons (Fsp3) is 0.652. The van der Waals surface area contributed by atoms with Gasteiger partial charge in [0.05, 0.1) is 0 Å². The van der Waals surface area contributed by atoms with Gasteiger partial charge in [0.2, 0.25) is 5.75 Å². The van der Waals surface area contributed by atoms with E-state index >= 15 is 0 Å². The lowest BCUT2D eigenvalue weighted by molar-refractivity contribution is -0.276. The van der Waals surface area contributed by atoms with E-state index in [1.165, 1.54) is 32.1 Å². The number of aryl methyl sites for hydroxylation is 1. The molecule has 1 fully saturated rings. The molecule has 0 amide bonds. The quantitative estimate of drug-likeness (QED) is 0.212. The molecule has 1 aromatic rings. The van der Waals surface area contributed by atoms with Gasteiger partial charge in [0.15, 0.2) is 11.6 Å². The zero-order valence-electron chi connectivity index (χ0n) is 17.0. The van der Waals surface area contributed by atoms with E-state index in [0.717, 1.165) is 50.2 Å². The van der Waals surface area contributed by atoms with Crippen molar-refractivity contribution in [2.45, 2.75) is 83.9 Å². The Kier molecular flexibility index (Phi) is 9.44. The molecule has 0 N–H and O–H groups in total. The van der Waals surface area contributed by atoms with Crippen LogP contribution in [0.5, 0.6) is 5.75 Å². The highest BCUT2D eigenvalue weighted by atomic mass is 19.4. The maximum Gasteiger partial charge on any atom is 0.573 e. The highest BCUT2D eigenvalue weighted by Crippen LogP contribution is 2.35. The summed E-state index contributed by atoms with van der Waals surface area (Å²) in [6, 6.07) is 1.89. The molecule has 0 unspecified atom stereocenters. The first-order valence-electron chi connectivity index (χ1n) is 10.7. The Bertz CT molecular complexity index is 622. The van der Waals surface area contributed by atoms with Crippen LogP contribution in [0.15, 0.2) is 24.3 Å².